The van der Waals surface area contributed by atoms with Gasteiger partial charge in [-0.3, -0.25) is 14.9 Å². The average Bonchev–Trinajstić information content (AvgIpc) is 3.24. The quantitative estimate of drug-likeness (QED) is 0.315. The molecule has 0 aliphatic rings. The summed E-state index contributed by atoms with van der Waals surface area (Å²) < 4.78 is 6.04. The normalized spacial score (nSPS) is 10.6. The molecular weight excluding hydrogens is 452 g/mol. The van der Waals surface area contributed by atoms with Crippen molar-refractivity contribution >= 4 is 33.2 Å². The van der Waals surface area contributed by atoms with E-state index in [9.17, 15) is 14.9 Å². The third-order valence-corrected chi connectivity index (χ3v) is 4.74. The monoisotopic (exact) mass is 464 g/mol. The molecule has 0 fully saturated rings. The largest absolute Gasteiger partial charge is 0.333 e. The fraction of sp³-hybridized carbons (Fsp3) is 0. The molecular formula is C21H13BrN4O4. The first kappa shape index (κ1) is 19.5. The zero-order chi connectivity index (χ0) is 21.1. The molecule has 0 unspecified atom stereocenters. The first-order chi connectivity index (χ1) is 14.5. The van der Waals surface area contributed by atoms with Crippen LogP contribution in [0.15, 0.2) is 81.8 Å². The van der Waals surface area contributed by atoms with E-state index >= 15 is 0 Å². The number of hydrogen-bond donors (Lipinski definition) is 1. The number of halogens is 1. The van der Waals surface area contributed by atoms with Gasteiger partial charge in [0.05, 0.1) is 4.92 Å². The molecule has 0 saturated carbocycles. The Morgan fingerprint density at radius 3 is 2.53 bits per heavy atom. The first-order valence-corrected chi connectivity index (χ1v) is 9.55. The summed E-state index contributed by atoms with van der Waals surface area (Å²) >= 11 is 3.34. The number of nitrogens with zero attached hydrogens (tertiary/aromatic N) is 3. The molecule has 8 nitrogen and oxygen atoms in total. The van der Waals surface area contributed by atoms with E-state index in [1.54, 1.807) is 60.7 Å². The van der Waals surface area contributed by atoms with Crippen LogP contribution in [0.3, 0.4) is 0 Å². The number of benzene rings is 3. The summed E-state index contributed by atoms with van der Waals surface area (Å²) in [7, 11) is 0. The number of carbonyl (C=O) groups excluding carboxylic acids is 1. The van der Waals surface area contributed by atoms with Gasteiger partial charge in [-0.25, -0.2) is 0 Å². The van der Waals surface area contributed by atoms with Crippen molar-refractivity contribution in [2.24, 2.45) is 0 Å². The minimum absolute atomic E-state index is 0.0596. The number of hydrogen-bond acceptors (Lipinski definition) is 6. The molecule has 0 aliphatic heterocycles. The number of carbonyl (C=O) groups is 1. The Morgan fingerprint density at radius 1 is 1.03 bits per heavy atom. The van der Waals surface area contributed by atoms with Crippen molar-refractivity contribution in [3.63, 3.8) is 0 Å². The van der Waals surface area contributed by atoms with E-state index in [1.165, 1.54) is 6.07 Å². The van der Waals surface area contributed by atoms with Crippen LogP contribution in [0.4, 0.5) is 11.4 Å². The highest BCUT2D eigenvalue weighted by Crippen LogP contribution is 2.30. The average molecular weight is 465 g/mol. The van der Waals surface area contributed by atoms with Crippen molar-refractivity contribution in [2.75, 3.05) is 5.32 Å². The molecule has 4 rings (SSSR count). The van der Waals surface area contributed by atoms with Crippen LogP contribution in [-0.2, 0) is 0 Å². The molecule has 0 radical (unpaired) electrons. The standard InChI is InChI=1S/C21H13BrN4O4/c22-15-5-3-4-14(12-15)20(27)23-16-10-8-13(9-11-16)19-24-21(30-25-19)17-6-1-2-7-18(17)26(28)29/h1-12H,(H,23,27). The van der Waals surface area contributed by atoms with Crippen molar-refractivity contribution in [1.29, 1.82) is 0 Å². The van der Waals surface area contributed by atoms with Crippen molar-refractivity contribution in [3.8, 4) is 22.8 Å². The van der Waals surface area contributed by atoms with Gasteiger partial charge in [-0.15, -0.1) is 0 Å². The van der Waals surface area contributed by atoms with Gasteiger partial charge in [0.25, 0.3) is 17.5 Å². The second-order valence-corrected chi connectivity index (χ2v) is 7.15. The molecule has 30 heavy (non-hydrogen) atoms. The molecule has 4 aromatic rings. The number of nitro groups is 1. The number of nitrogens with one attached hydrogen (secondary N) is 1. The Labute approximate surface area is 178 Å². The van der Waals surface area contributed by atoms with Gasteiger partial charge in [-0.1, -0.05) is 39.3 Å². The summed E-state index contributed by atoms with van der Waals surface area (Å²) in [5.74, 6) is 0.111. The number of rotatable bonds is 5. The number of nitro benzene ring substituents is 1. The van der Waals surface area contributed by atoms with Crippen LogP contribution < -0.4 is 5.32 Å². The van der Waals surface area contributed by atoms with E-state index in [-0.39, 0.29) is 28.9 Å². The van der Waals surface area contributed by atoms with Gasteiger partial charge >= 0.3 is 0 Å². The maximum Gasteiger partial charge on any atom is 0.282 e. The zero-order valence-corrected chi connectivity index (χ0v) is 16.9. The SMILES string of the molecule is O=C(Nc1ccc(-c2noc(-c3ccccc3[N+](=O)[O-])n2)cc1)c1cccc(Br)c1. The van der Waals surface area contributed by atoms with E-state index in [1.807, 2.05) is 6.07 Å². The van der Waals surface area contributed by atoms with Crippen LogP contribution in [0, 0.1) is 10.1 Å². The molecule has 1 N–H and O–H groups in total. The first-order valence-electron chi connectivity index (χ1n) is 8.76. The van der Waals surface area contributed by atoms with Gasteiger partial charge in [0.1, 0.15) is 5.56 Å². The van der Waals surface area contributed by atoms with Gasteiger partial charge in [-0.2, -0.15) is 4.98 Å². The summed E-state index contributed by atoms with van der Waals surface area (Å²) in [6, 6.07) is 20.1. The molecule has 1 aromatic heterocycles. The number of aromatic nitrogens is 2. The molecule has 1 heterocycles. The molecule has 0 bridgehead atoms. The van der Waals surface area contributed by atoms with Crippen molar-refractivity contribution in [2.45, 2.75) is 0 Å². The highest BCUT2D eigenvalue weighted by atomic mass is 79.9. The van der Waals surface area contributed by atoms with Gasteiger partial charge in [-0.05, 0) is 48.5 Å². The Hall–Kier alpha value is -3.85. The van der Waals surface area contributed by atoms with E-state index in [4.69, 9.17) is 4.52 Å². The molecule has 3 aromatic carbocycles. The Balaban J connectivity index is 1.53. The highest BCUT2D eigenvalue weighted by Gasteiger charge is 2.20. The predicted molar refractivity (Wildman–Crippen MR) is 114 cm³/mol. The third-order valence-electron chi connectivity index (χ3n) is 4.24. The number of para-hydroxylation sites is 1. The summed E-state index contributed by atoms with van der Waals surface area (Å²) in [4.78, 5) is 27.3. The maximum absolute atomic E-state index is 12.3. The minimum atomic E-state index is -0.498. The molecule has 0 atom stereocenters. The third kappa shape index (κ3) is 4.11. The van der Waals surface area contributed by atoms with E-state index in [0.717, 1.165) is 4.47 Å². The maximum atomic E-state index is 12.3. The van der Waals surface area contributed by atoms with E-state index in [2.05, 4.69) is 31.4 Å². The van der Waals surface area contributed by atoms with Gasteiger partial charge in [0, 0.05) is 27.4 Å². The molecule has 0 aliphatic carbocycles. The number of amides is 1. The summed E-state index contributed by atoms with van der Waals surface area (Å²) in [6.45, 7) is 0. The van der Waals surface area contributed by atoms with Crippen molar-refractivity contribution in [3.05, 3.63) is 92.9 Å². The van der Waals surface area contributed by atoms with E-state index < -0.39 is 4.92 Å². The van der Waals surface area contributed by atoms with Gasteiger partial charge < -0.3 is 9.84 Å². The molecule has 1 amide bonds. The van der Waals surface area contributed by atoms with Crippen LogP contribution in [0.25, 0.3) is 22.8 Å². The Kier molecular flexibility index (Phi) is 5.36. The fourth-order valence-corrected chi connectivity index (χ4v) is 3.20. The lowest BCUT2D eigenvalue weighted by atomic mass is 10.1. The molecule has 0 saturated heterocycles. The minimum Gasteiger partial charge on any atom is -0.333 e. The van der Waals surface area contributed by atoms with Gasteiger partial charge in [0.15, 0.2) is 0 Å². The van der Waals surface area contributed by atoms with E-state index in [0.29, 0.717) is 16.8 Å². The van der Waals surface area contributed by atoms with Crippen LogP contribution in [0.1, 0.15) is 10.4 Å². The molecule has 0 spiro atoms. The van der Waals surface area contributed by atoms with Crippen LogP contribution >= 0.6 is 15.9 Å². The van der Waals surface area contributed by atoms with Crippen LogP contribution in [0.5, 0.6) is 0 Å². The summed E-state index contributed by atoms with van der Waals surface area (Å²) in [5.41, 5.74) is 1.91. The lowest BCUT2D eigenvalue weighted by Gasteiger charge is -2.06. The van der Waals surface area contributed by atoms with Gasteiger partial charge in [0.2, 0.25) is 5.82 Å². The second kappa shape index (κ2) is 8.26. The second-order valence-electron chi connectivity index (χ2n) is 6.24. The fourth-order valence-electron chi connectivity index (χ4n) is 2.80. The van der Waals surface area contributed by atoms with Crippen LogP contribution in [-0.4, -0.2) is 21.0 Å². The molecule has 148 valence electrons. The predicted octanol–water partition coefficient (Wildman–Crippen LogP) is 5.33. The summed E-state index contributed by atoms with van der Waals surface area (Å²) in [6.07, 6.45) is 0. The summed E-state index contributed by atoms with van der Waals surface area (Å²) in [5, 5.41) is 17.9. The molecule has 9 heteroatoms. The topological polar surface area (TPSA) is 111 Å². The van der Waals surface area contributed by atoms with Crippen LogP contribution in [0.2, 0.25) is 0 Å². The lowest BCUT2D eigenvalue weighted by Crippen LogP contribution is -2.11. The zero-order valence-electron chi connectivity index (χ0n) is 15.3. The van der Waals surface area contributed by atoms with Crippen molar-refractivity contribution < 1.29 is 14.2 Å². The number of anilines is 1. The Bertz CT molecular complexity index is 1240. The Morgan fingerprint density at radius 2 is 1.80 bits per heavy atom. The lowest BCUT2D eigenvalue weighted by molar-refractivity contribution is -0.384. The van der Waals surface area contributed by atoms with Crippen molar-refractivity contribution in [1.82, 2.24) is 10.1 Å². The highest BCUT2D eigenvalue weighted by molar-refractivity contribution is 9.10. The smallest absolute Gasteiger partial charge is 0.282 e.